The molecule has 1 aliphatic carbocycles. The third-order valence-corrected chi connectivity index (χ3v) is 10.0. The van der Waals surface area contributed by atoms with Crippen LogP contribution in [0.25, 0.3) is 0 Å². The first-order valence-electron chi connectivity index (χ1n) is 11.9. The number of aryl methyl sites for hydroxylation is 1. The van der Waals surface area contributed by atoms with Crippen LogP contribution in [0.5, 0.6) is 0 Å². The van der Waals surface area contributed by atoms with Gasteiger partial charge in [0.05, 0.1) is 17.4 Å². The van der Waals surface area contributed by atoms with Crippen LogP contribution in [0.2, 0.25) is 0 Å². The van der Waals surface area contributed by atoms with Gasteiger partial charge in [-0.25, -0.2) is 0 Å². The van der Waals surface area contributed by atoms with E-state index in [-0.39, 0.29) is 0 Å². The van der Waals surface area contributed by atoms with Gasteiger partial charge in [0.15, 0.2) is 0 Å². The summed E-state index contributed by atoms with van der Waals surface area (Å²) >= 11 is 7.06. The lowest BCUT2D eigenvalue weighted by Gasteiger charge is -2.37. The minimum Gasteiger partial charge on any atom is -0.360 e. The summed E-state index contributed by atoms with van der Waals surface area (Å²) in [5.41, 5.74) is 3.01. The first-order valence-corrected chi connectivity index (χ1v) is 13.4. The molecular weight excluding hydrogens is 472 g/mol. The van der Waals surface area contributed by atoms with Gasteiger partial charge >= 0.3 is 0 Å². The molecule has 178 valence electrons. The highest BCUT2D eigenvalue weighted by atomic mass is 35.5. The quantitative estimate of drug-likeness (QED) is 0.185. The van der Waals surface area contributed by atoms with Crippen molar-refractivity contribution in [3.63, 3.8) is 0 Å². The van der Waals surface area contributed by atoms with E-state index >= 15 is 0 Å². The minimum atomic E-state index is -1.34. The normalized spacial score (nSPS) is 22.5. The summed E-state index contributed by atoms with van der Waals surface area (Å²) in [6, 6.07) is 38.7. The summed E-state index contributed by atoms with van der Waals surface area (Å²) in [5, 5.41) is 0. The summed E-state index contributed by atoms with van der Waals surface area (Å²) in [5.74, 6) is 0. The van der Waals surface area contributed by atoms with Gasteiger partial charge in [-0.1, -0.05) is 116 Å². The van der Waals surface area contributed by atoms with Gasteiger partial charge in [-0.15, -0.1) is 11.6 Å². The van der Waals surface area contributed by atoms with Crippen LogP contribution in [0.4, 0.5) is 0 Å². The second-order valence-corrected chi connectivity index (χ2v) is 12.2. The number of ether oxygens (including phenoxy) is 1. The van der Waals surface area contributed by atoms with Crippen LogP contribution < -0.4 is 0 Å². The maximum absolute atomic E-state index is 13.5. The van der Waals surface area contributed by atoms with E-state index in [2.05, 4.69) is 43.3 Å². The van der Waals surface area contributed by atoms with Crippen LogP contribution in [0.3, 0.4) is 0 Å². The Bertz CT molecular complexity index is 1210. The van der Waals surface area contributed by atoms with E-state index in [1.807, 2.05) is 85.8 Å². The predicted molar refractivity (Wildman–Crippen MR) is 144 cm³/mol. The molecule has 0 radical (unpaired) electrons. The Kier molecular flexibility index (Phi) is 6.43. The largest absolute Gasteiger partial charge is 0.360 e. The molecule has 4 aromatic carbocycles. The summed E-state index contributed by atoms with van der Waals surface area (Å²) in [6.07, 6.45) is 0.622. The summed E-state index contributed by atoms with van der Waals surface area (Å²) in [7, 11) is -1.34. The molecule has 0 spiro atoms. The zero-order chi connectivity index (χ0) is 24.5. The SMILES string of the molecule is Cc1ccc(S(=O)[C@@]2(Cl)C[C@@]2(C)COC(c2ccccc2)(c2ccccc2)c2ccccc2)cc1. The van der Waals surface area contributed by atoms with Gasteiger partial charge in [-0.3, -0.25) is 4.21 Å². The molecule has 0 saturated heterocycles. The first kappa shape index (κ1) is 24.0. The van der Waals surface area contributed by atoms with Crippen molar-refractivity contribution in [3.8, 4) is 0 Å². The van der Waals surface area contributed by atoms with Crippen molar-refractivity contribution in [2.75, 3.05) is 6.61 Å². The number of hydrogen-bond acceptors (Lipinski definition) is 2. The van der Waals surface area contributed by atoms with Gasteiger partial charge in [0.1, 0.15) is 9.81 Å². The molecule has 0 bridgehead atoms. The Balaban J connectivity index is 1.53. The van der Waals surface area contributed by atoms with Crippen LogP contribution in [0.1, 0.15) is 35.6 Å². The van der Waals surface area contributed by atoms with Crippen LogP contribution in [-0.2, 0) is 21.1 Å². The van der Waals surface area contributed by atoms with Gasteiger partial charge in [0, 0.05) is 10.3 Å². The van der Waals surface area contributed by atoms with Gasteiger partial charge in [-0.2, -0.15) is 0 Å². The molecule has 0 N–H and O–H groups in total. The predicted octanol–water partition coefficient (Wildman–Crippen LogP) is 7.46. The molecular formula is C31H29ClO2S. The van der Waals surface area contributed by atoms with E-state index in [4.69, 9.17) is 16.3 Å². The number of alkyl halides is 1. The Morgan fingerprint density at radius 2 is 1.20 bits per heavy atom. The summed E-state index contributed by atoms with van der Waals surface area (Å²) in [6.45, 7) is 4.47. The van der Waals surface area contributed by atoms with Crippen molar-refractivity contribution in [3.05, 3.63) is 138 Å². The molecule has 1 fully saturated rings. The van der Waals surface area contributed by atoms with Crippen LogP contribution in [0, 0.1) is 12.3 Å². The maximum atomic E-state index is 13.5. The molecule has 35 heavy (non-hydrogen) atoms. The van der Waals surface area contributed by atoms with Crippen molar-refractivity contribution in [1.29, 1.82) is 0 Å². The van der Waals surface area contributed by atoms with Crippen molar-refractivity contribution >= 4 is 22.4 Å². The highest BCUT2D eigenvalue weighted by molar-refractivity contribution is 7.88. The molecule has 0 amide bonds. The number of hydrogen-bond donors (Lipinski definition) is 0. The Labute approximate surface area is 215 Å². The van der Waals surface area contributed by atoms with Gasteiger partial charge in [0.2, 0.25) is 0 Å². The fraction of sp³-hybridized carbons (Fsp3) is 0.226. The number of benzene rings is 4. The average molecular weight is 501 g/mol. The fourth-order valence-corrected chi connectivity index (χ4v) is 7.12. The zero-order valence-electron chi connectivity index (χ0n) is 20.0. The average Bonchev–Trinajstić information content (AvgIpc) is 3.48. The second-order valence-electron chi connectivity index (χ2n) is 9.62. The molecule has 0 heterocycles. The van der Waals surface area contributed by atoms with Crippen molar-refractivity contribution in [2.24, 2.45) is 5.41 Å². The lowest BCUT2D eigenvalue weighted by atomic mass is 9.80. The smallest absolute Gasteiger partial charge is 0.143 e. The van der Waals surface area contributed by atoms with E-state index in [1.165, 1.54) is 0 Å². The maximum Gasteiger partial charge on any atom is 0.143 e. The third kappa shape index (κ3) is 4.27. The van der Waals surface area contributed by atoms with E-state index in [0.29, 0.717) is 13.0 Å². The van der Waals surface area contributed by atoms with Crippen molar-refractivity contribution in [2.45, 2.75) is 35.0 Å². The molecule has 1 unspecified atom stereocenters. The Morgan fingerprint density at radius 3 is 1.63 bits per heavy atom. The standard InChI is InChI=1S/C31H29ClO2S/c1-24-18-20-28(21-19-24)35(33)30(32)22-29(30,2)23-34-31(25-12-6-3-7-13-25,26-14-8-4-9-15-26)27-16-10-5-11-17-27/h3-21H,22-23H2,1-2H3/t29-,30-,35?/m0/s1. The van der Waals surface area contributed by atoms with E-state index in [1.54, 1.807) is 0 Å². The molecule has 4 aromatic rings. The van der Waals surface area contributed by atoms with Crippen LogP contribution in [-0.4, -0.2) is 15.0 Å². The van der Waals surface area contributed by atoms with Gasteiger partial charge < -0.3 is 4.74 Å². The topological polar surface area (TPSA) is 26.3 Å². The molecule has 5 rings (SSSR count). The first-order chi connectivity index (χ1) is 16.9. The highest BCUT2D eigenvalue weighted by Gasteiger charge is 2.68. The Hall–Kier alpha value is -2.72. The zero-order valence-corrected chi connectivity index (χ0v) is 21.6. The molecule has 1 aliphatic rings. The van der Waals surface area contributed by atoms with Gasteiger partial charge in [-0.05, 0) is 42.2 Å². The molecule has 4 heteroatoms. The number of halogens is 1. The number of rotatable bonds is 8. The van der Waals surface area contributed by atoms with Crippen LogP contribution >= 0.6 is 11.6 Å². The Morgan fingerprint density at radius 1 is 0.771 bits per heavy atom. The van der Waals surface area contributed by atoms with E-state index in [9.17, 15) is 4.21 Å². The molecule has 1 saturated carbocycles. The highest BCUT2D eigenvalue weighted by Crippen LogP contribution is 2.64. The van der Waals surface area contributed by atoms with Gasteiger partial charge in [0.25, 0.3) is 0 Å². The molecule has 0 aliphatic heterocycles. The monoisotopic (exact) mass is 500 g/mol. The lowest BCUT2D eigenvalue weighted by molar-refractivity contribution is -0.0113. The van der Waals surface area contributed by atoms with Crippen molar-refractivity contribution in [1.82, 2.24) is 0 Å². The molecule has 2 nitrogen and oxygen atoms in total. The third-order valence-electron chi connectivity index (χ3n) is 7.07. The fourth-order valence-electron chi connectivity index (χ4n) is 4.79. The molecule has 3 atom stereocenters. The summed E-state index contributed by atoms with van der Waals surface area (Å²) in [4.78, 5) is 0.759. The lowest BCUT2D eigenvalue weighted by Crippen LogP contribution is -2.36. The summed E-state index contributed by atoms with van der Waals surface area (Å²) < 4.78 is 19.6. The van der Waals surface area contributed by atoms with E-state index in [0.717, 1.165) is 27.1 Å². The molecule has 0 aromatic heterocycles. The minimum absolute atomic E-state index is 0.368. The second kappa shape index (κ2) is 9.39. The van der Waals surface area contributed by atoms with Crippen LogP contribution in [0.15, 0.2) is 120 Å². The van der Waals surface area contributed by atoms with Crippen molar-refractivity contribution < 1.29 is 8.95 Å². The van der Waals surface area contributed by atoms with E-state index < -0.39 is 26.0 Å².